The molecule has 0 saturated heterocycles. The normalized spacial score (nSPS) is 14.5. The Balaban J connectivity index is 1.54. The minimum Gasteiger partial charge on any atom is -0.462 e. The minimum atomic E-state index is -3.78. The van der Waals surface area contributed by atoms with Crippen LogP contribution in [0, 0.1) is 0 Å². The van der Waals surface area contributed by atoms with E-state index in [0.717, 1.165) is 10.8 Å². The summed E-state index contributed by atoms with van der Waals surface area (Å²) < 4.78 is 33.3. The third-order valence-corrected chi connectivity index (χ3v) is 7.58. The zero-order valence-electron chi connectivity index (χ0n) is 22.1. The summed E-state index contributed by atoms with van der Waals surface area (Å²) in [5.41, 5.74) is 5.64. The van der Waals surface area contributed by atoms with Gasteiger partial charge in [-0.15, -0.1) is 0 Å². The number of hydrogen-bond acceptors (Lipinski definition) is 9. The van der Waals surface area contributed by atoms with E-state index in [2.05, 4.69) is 20.0 Å². The highest BCUT2D eigenvalue weighted by atomic mass is 31.2. The molecule has 3 N–H and O–H groups in total. The third-order valence-electron chi connectivity index (χ3n) is 5.69. The number of esters is 1. The maximum Gasteiger partial charge on any atom is 0.342 e. The number of nitrogens with two attached hydrogens (primary N) is 1. The maximum atomic E-state index is 14.2. The van der Waals surface area contributed by atoms with Gasteiger partial charge in [-0.1, -0.05) is 30.3 Å². The van der Waals surface area contributed by atoms with E-state index in [1.54, 1.807) is 50.7 Å². The Labute approximate surface area is 221 Å². The molecular formula is C26H33N6O5P. The van der Waals surface area contributed by atoms with Crippen LogP contribution in [0.25, 0.3) is 21.9 Å². The summed E-state index contributed by atoms with van der Waals surface area (Å²) in [6.45, 7) is 8.89. The molecule has 4 rings (SSSR count). The van der Waals surface area contributed by atoms with Gasteiger partial charge in [-0.3, -0.25) is 9.36 Å². The van der Waals surface area contributed by atoms with Gasteiger partial charge in [0.05, 0.1) is 25.1 Å². The summed E-state index contributed by atoms with van der Waals surface area (Å²) in [6, 6.07) is 13.2. The van der Waals surface area contributed by atoms with Crippen LogP contribution in [-0.4, -0.2) is 49.6 Å². The van der Waals surface area contributed by atoms with E-state index in [4.69, 9.17) is 19.7 Å². The number of ether oxygens (including phenoxy) is 2. The smallest absolute Gasteiger partial charge is 0.342 e. The molecule has 0 saturated carbocycles. The predicted octanol–water partition coefficient (Wildman–Crippen LogP) is 4.52. The Morgan fingerprint density at radius 1 is 1.11 bits per heavy atom. The van der Waals surface area contributed by atoms with E-state index in [9.17, 15) is 9.36 Å². The fourth-order valence-corrected chi connectivity index (χ4v) is 5.91. The molecule has 38 heavy (non-hydrogen) atoms. The minimum absolute atomic E-state index is 0.287. The highest BCUT2D eigenvalue weighted by Crippen LogP contribution is 2.46. The fourth-order valence-electron chi connectivity index (χ4n) is 3.90. The van der Waals surface area contributed by atoms with Crippen molar-refractivity contribution in [3.05, 3.63) is 55.1 Å². The molecular weight excluding hydrogens is 507 g/mol. The highest BCUT2D eigenvalue weighted by molar-refractivity contribution is 7.57. The fraction of sp³-hybridized carbons (Fsp3) is 0.385. The monoisotopic (exact) mass is 540 g/mol. The molecule has 0 aliphatic heterocycles. The molecule has 12 heteroatoms. The number of nitrogens with one attached hydrogen (secondary N) is 1. The van der Waals surface area contributed by atoms with Crippen LogP contribution in [0.2, 0.25) is 0 Å². The second-order valence-corrected chi connectivity index (χ2v) is 11.9. The molecule has 0 aliphatic rings. The van der Waals surface area contributed by atoms with Crippen LogP contribution < -0.4 is 15.3 Å². The Bertz CT molecular complexity index is 1490. The molecule has 202 valence electrons. The molecule has 0 fully saturated rings. The van der Waals surface area contributed by atoms with Crippen LogP contribution in [0.1, 0.15) is 34.6 Å². The Hall–Kier alpha value is -3.53. The van der Waals surface area contributed by atoms with E-state index in [1.165, 1.54) is 6.33 Å². The molecule has 1 unspecified atom stereocenters. The number of imidazole rings is 1. The van der Waals surface area contributed by atoms with Gasteiger partial charge in [0.1, 0.15) is 29.5 Å². The Kier molecular flexibility index (Phi) is 8.01. The second kappa shape index (κ2) is 11.1. The topological polar surface area (TPSA) is 143 Å². The molecule has 0 radical (unpaired) electrons. The van der Waals surface area contributed by atoms with Crippen LogP contribution in [0.5, 0.6) is 5.75 Å². The van der Waals surface area contributed by atoms with Crippen molar-refractivity contribution in [2.75, 3.05) is 12.1 Å². The van der Waals surface area contributed by atoms with Gasteiger partial charge >= 0.3 is 13.5 Å². The van der Waals surface area contributed by atoms with Gasteiger partial charge in [-0.2, -0.15) is 0 Å². The van der Waals surface area contributed by atoms with Gasteiger partial charge in [-0.05, 0) is 57.5 Å². The lowest BCUT2D eigenvalue weighted by Gasteiger charge is -2.31. The zero-order chi connectivity index (χ0) is 27.5. The SMILES string of the molecule is CC(C)OC(=O)C(C)(C)NP(=O)(CO[C@H](C)Cn1cnc2c(N)ncnc21)Oc1ccc2ccccc2c1. The number of carbonyl (C=O) groups excluding carboxylic acids is 1. The number of rotatable bonds is 11. The molecule has 2 heterocycles. The van der Waals surface area contributed by atoms with Crippen molar-refractivity contribution in [1.29, 1.82) is 0 Å². The summed E-state index contributed by atoms with van der Waals surface area (Å²) >= 11 is 0. The molecule has 0 bridgehead atoms. The number of aromatic nitrogens is 4. The Morgan fingerprint density at radius 3 is 2.58 bits per heavy atom. The molecule has 0 aliphatic carbocycles. The van der Waals surface area contributed by atoms with Crippen molar-refractivity contribution < 1.29 is 23.4 Å². The van der Waals surface area contributed by atoms with Crippen LogP contribution in [0.15, 0.2) is 55.1 Å². The van der Waals surface area contributed by atoms with Crippen molar-refractivity contribution in [2.45, 2.75) is 58.9 Å². The first-order chi connectivity index (χ1) is 18.0. The lowest BCUT2D eigenvalue weighted by molar-refractivity contribution is -0.153. The molecule has 0 amide bonds. The van der Waals surface area contributed by atoms with Crippen LogP contribution in [0.3, 0.4) is 0 Å². The van der Waals surface area contributed by atoms with E-state index in [-0.39, 0.29) is 18.3 Å². The first-order valence-electron chi connectivity index (χ1n) is 12.3. The molecule has 4 aromatic rings. The quantitative estimate of drug-likeness (QED) is 0.206. The van der Waals surface area contributed by atoms with Gasteiger partial charge in [0.2, 0.25) is 0 Å². The van der Waals surface area contributed by atoms with Crippen LogP contribution in [-0.2, 0) is 25.4 Å². The summed E-state index contributed by atoms with van der Waals surface area (Å²) in [4.78, 5) is 25.2. The molecule has 2 atom stereocenters. The van der Waals surface area contributed by atoms with Crippen LogP contribution in [0.4, 0.5) is 5.82 Å². The first-order valence-corrected chi connectivity index (χ1v) is 14.1. The van der Waals surface area contributed by atoms with Gasteiger partial charge in [0.25, 0.3) is 0 Å². The van der Waals surface area contributed by atoms with Crippen molar-refractivity contribution in [3.8, 4) is 5.75 Å². The van der Waals surface area contributed by atoms with E-state index in [1.807, 2.05) is 37.3 Å². The first kappa shape index (κ1) is 27.5. The maximum absolute atomic E-state index is 14.2. The van der Waals surface area contributed by atoms with Gasteiger partial charge in [-0.25, -0.2) is 20.0 Å². The number of benzene rings is 2. The molecule has 2 aromatic carbocycles. The molecule has 2 aromatic heterocycles. The number of hydrogen-bond donors (Lipinski definition) is 2. The van der Waals surface area contributed by atoms with Crippen molar-refractivity contribution >= 4 is 41.2 Å². The summed E-state index contributed by atoms with van der Waals surface area (Å²) in [7, 11) is -3.78. The van der Waals surface area contributed by atoms with Gasteiger partial charge < -0.3 is 24.3 Å². The zero-order valence-corrected chi connectivity index (χ0v) is 23.0. The average Bonchev–Trinajstić information content (AvgIpc) is 3.26. The van der Waals surface area contributed by atoms with Crippen molar-refractivity contribution in [2.24, 2.45) is 0 Å². The third kappa shape index (κ3) is 6.48. The van der Waals surface area contributed by atoms with Gasteiger partial charge in [0, 0.05) is 0 Å². The lowest BCUT2D eigenvalue weighted by Crippen LogP contribution is -2.48. The average molecular weight is 541 g/mol. The van der Waals surface area contributed by atoms with E-state index >= 15 is 0 Å². The lowest BCUT2D eigenvalue weighted by atomic mass is 10.1. The Morgan fingerprint density at radius 2 is 1.84 bits per heavy atom. The van der Waals surface area contributed by atoms with Crippen LogP contribution >= 0.6 is 7.52 Å². The largest absolute Gasteiger partial charge is 0.462 e. The predicted molar refractivity (Wildman–Crippen MR) is 146 cm³/mol. The standard InChI is InChI=1S/C26H33N6O5P/c1-17(2)36-25(33)26(4,5)31-38(34,37-21-11-10-19-8-6-7-9-20(19)12-21)16-35-18(3)13-32-15-30-22-23(27)28-14-29-24(22)32/h6-12,14-15,17-18H,13,16H2,1-5H3,(H,31,34)(H2,27,28,29)/t18-,38?/m1/s1. The van der Waals surface area contributed by atoms with Crippen molar-refractivity contribution in [3.63, 3.8) is 0 Å². The number of anilines is 1. The number of fused-ring (bicyclic) bond motifs is 2. The van der Waals surface area contributed by atoms with E-state index in [0.29, 0.717) is 23.5 Å². The summed E-state index contributed by atoms with van der Waals surface area (Å²) in [5, 5.41) is 4.85. The second-order valence-electron chi connectivity index (χ2n) is 9.90. The molecule has 11 nitrogen and oxygen atoms in total. The molecule has 0 spiro atoms. The highest BCUT2D eigenvalue weighted by Gasteiger charge is 2.40. The van der Waals surface area contributed by atoms with Crippen molar-refractivity contribution in [1.82, 2.24) is 24.6 Å². The summed E-state index contributed by atoms with van der Waals surface area (Å²) in [5.74, 6) is 0.122. The summed E-state index contributed by atoms with van der Waals surface area (Å²) in [6.07, 6.45) is 1.93. The number of nitrogen functional groups attached to an aromatic ring is 1. The van der Waals surface area contributed by atoms with E-state index < -0.39 is 25.1 Å². The number of nitrogens with zero attached hydrogens (tertiary/aromatic N) is 4. The van der Waals surface area contributed by atoms with Gasteiger partial charge in [0.15, 0.2) is 11.5 Å². The number of carbonyl (C=O) groups is 1.